The first-order valence-corrected chi connectivity index (χ1v) is 10.4. The van der Waals surface area contributed by atoms with Gasteiger partial charge in [-0.15, -0.1) is 0 Å². The number of aryl methyl sites for hydroxylation is 1. The van der Waals surface area contributed by atoms with E-state index in [9.17, 15) is 4.79 Å². The number of carbonyl (C=O) groups is 1. The van der Waals surface area contributed by atoms with Gasteiger partial charge >= 0.3 is 0 Å². The molecule has 0 bridgehead atoms. The lowest BCUT2D eigenvalue weighted by molar-refractivity contribution is 0.0889. The van der Waals surface area contributed by atoms with Crippen molar-refractivity contribution in [3.63, 3.8) is 0 Å². The second-order valence-corrected chi connectivity index (χ2v) is 7.66. The molecule has 156 valence electrons. The van der Waals surface area contributed by atoms with E-state index in [0.29, 0.717) is 40.9 Å². The van der Waals surface area contributed by atoms with Crippen LogP contribution < -0.4 is 9.47 Å². The fourth-order valence-electron chi connectivity index (χ4n) is 3.95. The molecule has 6 heteroatoms. The van der Waals surface area contributed by atoms with Gasteiger partial charge in [-0.1, -0.05) is 54.8 Å². The van der Waals surface area contributed by atoms with Gasteiger partial charge in [0.2, 0.25) is 11.7 Å². The first-order valence-electron chi connectivity index (χ1n) is 10.4. The van der Waals surface area contributed by atoms with Crippen molar-refractivity contribution in [3.05, 3.63) is 59.5 Å². The van der Waals surface area contributed by atoms with Crippen LogP contribution in [0.25, 0.3) is 11.4 Å². The monoisotopic (exact) mass is 406 g/mol. The Morgan fingerprint density at radius 1 is 1.10 bits per heavy atom. The van der Waals surface area contributed by atoms with Crippen LogP contribution in [0, 0.1) is 12.8 Å². The third kappa shape index (κ3) is 4.37. The molecule has 1 aliphatic carbocycles. The zero-order valence-electron chi connectivity index (χ0n) is 17.4. The molecule has 0 N–H and O–H groups in total. The highest BCUT2D eigenvalue weighted by Gasteiger charge is 2.28. The molecule has 1 aliphatic rings. The molecule has 1 saturated carbocycles. The molecular weight excluding hydrogens is 380 g/mol. The summed E-state index contributed by atoms with van der Waals surface area (Å²) >= 11 is 0. The van der Waals surface area contributed by atoms with Gasteiger partial charge in [0.05, 0.1) is 7.11 Å². The zero-order valence-corrected chi connectivity index (χ0v) is 17.4. The Labute approximate surface area is 176 Å². The van der Waals surface area contributed by atoms with E-state index in [4.69, 9.17) is 14.0 Å². The normalized spacial score (nSPS) is 14.5. The van der Waals surface area contributed by atoms with Gasteiger partial charge in [0.1, 0.15) is 6.61 Å². The maximum absolute atomic E-state index is 13.4. The fourth-order valence-corrected chi connectivity index (χ4v) is 3.95. The lowest BCUT2D eigenvalue weighted by Crippen LogP contribution is -2.19. The van der Waals surface area contributed by atoms with Gasteiger partial charge < -0.3 is 14.0 Å². The molecule has 0 aliphatic heterocycles. The molecule has 0 radical (unpaired) electrons. The third-order valence-corrected chi connectivity index (χ3v) is 5.55. The third-order valence-electron chi connectivity index (χ3n) is 5.55. The molecule has 1 fully saturated rings. The number of carbonyl (C=O) groups excluding carboxylic acids is 1. The first kappa shape index (κ1) is 20.1. The van der Waals surface area contributed by atoms with Gasteiger partial charge in [0, 0.05) is 24.0 Å². The van der Waals surface area contributed by atoms with Crippen molar-refractivity contribution in [2.45, 2.75) is 45.6 Å². The number of rotatable bonds is 7. The molecule has 0 spiro atoms. The summed E-state index contributed by atoms with van der Waals surface area (Å²) in [6.07, 6.45) is 5.18. The largest absolute Gasteiger partial charge is 0.493 e. The molecule has 3 aromatic rings. The molecule has 1 heterocycles. The highest BCUT2D eigenvalue weighted by Crippen LogP contribution is 2.38. The van der Waals surface area contributed by atoms with Crippen LogP contribution in [0.4, 0.5) is 0 Å². The number of methoxy groups -OCH3 is 1. The van der Waals surface area contributed by atoms with Crippen LogP contribution in [-0.4, -0.2) is 23.0 Å². The summed E-state index contributed by atoms with van der Waals surface area (Å²) < 4.78 is 16.8. The molecule has 30 heavy (non-hydrogen) atoms. The maximum atomic E-state index is 13.4. The highest BCUT2D eigenvalue weighted by molar-refractivity contribution is 6.04. The van der Waals surface area contributed by atoms with Crippen molar-refractivity contribution in [3.8, 4) is 22.9 Å². The first-order chi connectivity index (χ1) is 14.7. The summed E-state index contributed by atoms with van der Waals surface area (Å²) in [6, 6.07) is 13.5. The van der Waals surface area contributed by atoms with E-state index in [1.807, 2.05) is 30.3 Å². The Hall–Kier alpha value is -3.15. The van der Waals surface area contributed by atoms with E-state index in [2.05, 4.69) is 10.1 Å². The minimum Gasteiger partial charge on any atom is -0.493 e. The molecule has 0 amide bonds. The lowest BCUT2D eigenvalue weighted by atomic mass is 9.82. The number of nitrogens with zero attached hydrogens (tertiary/aromatic N) is 2. The summed E-state index contributed by atoms with van der Waals surface area (Å²) in [5, 5.41) is 4.04. The van der Waals surface area contributed by atoms with Gasteiger partial charge in [-0.2, -0.15) is 4.98 Å². The van der Waals surface area contributed by atoms with Crippen molar-refractivity contribution >= 4 is 5.78 Å². The van der Waals surface area contributed by atoms with E-state index in [1.54, 1.807) is 26.2 Å². The number of ketones is 1. The van der Waals surface area contributed by atoms with Crippen molar-refractivity contribution in [2.24, 2.45) is 5.92 Å². The maximum Gasteiger partial charge on any atom is 0.223 e. The topological polar surface area (TPSA) is 74.5 Å². The predicted molar refractivity (Wildman–Crippen MR) is 113 cm³/mol. The molecule has 1 aromatic heterocycles. The summed E-state index contributed by atoms with van der Waals surface area (Å²) in [7, 11) is 1.58. The van der Waals surface area contributed by atoms with Crippen LogP contribution in [0.15, 0.2) is 47.0 Å². The summed E-state index contributed by atoms with van der Waals surface area (Å²) in [5.74, 6) is 2.03. The average Bonchev–Trinajstić information content (AvgIpc) is 3.24. The van der Waals surface area contributed by atoms with Crippen LogP contribution in [0.3, 0.4) is 0 Å². The number of aromatic nitrogens is 2. The number of benzene rings is 2. The number of Topliss-reactive ketones (excluding diaryl/α,β-unsaturated/α-hetero) is 1. The Balaban J connectivity index is 1.72. The van der Waals surface area contributed by atoms with E-state index >= 15 is 0 Å². The van der Waals surface area contributed by atoms with Crippen molar-refractivity contribution in [1.29, 1.82) is 0 Å². The standard InChI is InChI=1S/C24H26N2O4/c1-16-25-24(26-30-16)20-14-21(28-2)22(29-15-17-9-5-3-6-10-17)13-19(20)23(27)18-11-7-4-8-12-18/h3,5-6,9-10,13-14,18H,4,7-8,11-12,15H2,1-2H3. The zero-order chi connectivity index (χ0) is 20.9. The SMILES string of the molecule is COc1cc(-c2noc(C)n2)c(C(=O)C2CCCCC2)cc1OCc1ccccc1. The molecule has 2 aromatic carbocycles. The Bertz CT molecular complexity index is 1010. The Morgan fingerprint density at radius 3 is 2.53 bits per heavy atom. The fraction of sp³-hybridized carbons (Fsp3) is 0.375. The molecule has 4 rings (SSSR count). The van der Waals surface area contributed by atoms with Crippen LogP contribution in [-0.2, 0) is 6.61 Å². The molecule has 0 saturated heterocycles. The Morgan fingerprint density at radius 2 is 1.87 bits per heavy atom. The van der Waals surface area contributed by atoms with Crippen LogP contribution >= 0.6 is 0 Å². The summed E-state index contributed by atoms with van der Waals surface area (Å²) in [4.78, 5) is 17.8. The molecule has 0 atom stereocenters. The second kappa shape index (κ2) is 9.11. The molecule has 6 nitrogen and oxygen atoms in total. The predicted octanol–water partition coefficient (Wildman–Crippen LogP) is 5.40. The van der Waals surface area contributed by atoms with Crippen LogP contribution in [0.1, 0.15) is 53.9 Å². The molecular formula is C24H26N2O4. The van der Waals surface area contributed by atoms with Crippen LogP contribution in [0.5, 0.6) is 11.5 Å². The van der Waals surface area contributed by atoms with Crippen LogP contribution in [0.2, 0.25) is 0 Å². The van der Waals surface area contributed by atoms with E-state index in [1.165, 1.54) is 6.42 Å². The minimum absolute atomic E-state index is 0.0147. The Kier molecular flexibility index (Phi) is 6.12. The number of hydrogen-bond donors (Lipinski definition) is 0. The van der Waals surface area contributed by atoms with Gasteiger partial charge in [0.15, 0.2) is 17.3 Å². The number of hydrogen-bond acceptors (Lipinski definition) is 6. The highest BCUT2D eigenvalue weighted by atomic mass is 16.5. The lowest BCUT2D eigenvalue weighted by Gasteiger charge is -2.22. The summed E-state index contributed by atoms with van der Waals surface area (Å²) in [5.41, 5.74) is 2.22. The van der Waals surface area contributed by atoms with E-state index in [-0.39, 0.29) is 11.7 Å². The quantitative estimate of drug-likeness (QED) is 0.489. The number of ether oxygens (including phenoxy) is 2. The average molecular weight is 406 g/mol. The van der Waals surface area contributed by atoms with E-state index < -0.39 is 0 Å². The van der Waals surface area contributed by atoms with E-state index in [0.717, 1.165) is 31.2 Å². The summed E-state index contributed by atoms with van der Waals surface area (Å²) in [6.45, 7) is 2.11. The van der Waals surface area contributed by atoms with Crippen molar-refractivity contribution in [2.75, 3.05) is 7.11 Å². The van der Waals surface area contributed by atoms with Crippen molar-refractivity contribution < 1.29 is 18.8 Å². The van der Waals surface area contributed by atoms with Gasteiger partial charge in [0.25, 0.3) is 0 Å². The second-order valence-electron chi connectivity index (χ2n) is 7.66. The van der Waals surface area contributed by atoms with Gasteiger partial charge in [-0.05, 0) is 30.5 Å². The smallest absolute Gasteiger partial charge is 0.223 e. The minimum atomic E-state index is 0.0147. The van der Waals surface area contributed by atoms with Gasteiger partial charge in [-0.25, -0.2) is 0 Å². The van der Waals surface area contributed by atoms with Gasteiger partial charge in [-0.3, -0.25) is 4.79 Å². The van der Waals surface area contributed by atoms with Crippen molar-refractivity contribution in [1.82, 2.24) is 10.1 Å². The molecule has 0 unspecified atom stereocenters.